The van der Waals surface area contributed by atoms with E-state index in [0.717, 1.165) is 0 Å². The third kappa shape index (κ3) is 3.06. The van der Waals surface area contributed by atoms with E-state index in [0.29, 0.717) is 21.1 Å². The summed E-state index contributed by atoms with van der Waals surface area (Å²) in [4.78, 5) is 12.1. The lowest BCUT2D eigenvalue weighted by Crippen LogP contribution is -2.06. The second-order valence-electron chi connectivity index (χ2n) is 3.73. The molecule has 0 amide bonds. The summed E-state index contributed by atoms with van der Waals surface area (Å²) in [5.74, 6) is -4.42. The quantitative estimate of drug-likeness (QED) is 0.526. The van der Waals surface area contributed by atoms with Gasteiger partial charge in [-0.05, 0) is 24.3 Å². The SMILES string of the molecule is O=C(c1cc(Br)cc(Br)c1)c1cc(F)c(F)cc1F. The highest BCUT2D eigenvalue weighted by Gasteiger charge is 2.18. The molecule has 0 bridgehead atoms. The summed E-state index contributed by atoms with van der Waals surface area (Å²) in [6.45, 7) is 0. The van der Waals surface area contributed by atoms with Crippen LogP contribution in [0.5, 0.6) is 0 Å². The molecule has 0 aliphatic rings. The number of benzene rings is 2. The molecule has 0 radical (unpaired) electrons. The van der Waals surface area contributed by atoms with Crippen LogP contribution in [0.2, 0.25) is 0 Å². The Balaban J connectivity index is 2.53. The monoisotopic (exact) mass is 392 g/mol. The molecule has 98 valence electrons. The summed E-state index contributed by atoms with van der Waals surface area (Å²) < 4.78 is 40.6. The Labute approximate surface area is 123 Å². The topological polar surface area (TPSA) is 17.1 Å². The molecule has 0 aromatic heterocycles. The van der Waals surface area contributed by atoms with Crippen LogP contribution in [-0.2, 0) is 0 Å². The van der Waals surface area contributed by atoms with Crippen LogP contribution in [0.15, 0.2) is 39.3 Å². The minimum Gasteiger partial charge on any atom is -0.288 e. The predicted molar refractivity (Wildman–Crippen MR) is 71.6 cm³/mol. The summed E-state index contributed by atoms with van der Waals surface area (Å²) in [5, 5.41) is 0. The molecule has 0 atom stereocenters. The molecule has 0 aliphatic carbocycles. The van der Waals surface area contributed by atoms with Gasteiger partial charge >= 0.3 is 0 Å². The lowest BCUT2D eigenvalue weighted by molar-refractivity contribution is 0.103. The van der Waals surface area contributed by atoms with E-state index < -0.39 is 28.8 Å². The fourth-order valence-electron chi connectivity index (χ4n) is 1.54. The smallest absolute Gasteiger partial charge is 0.196 e. The van der Waals surface area contributed by atoms with Crippen molar-refractivity contribution in [3.63, 3.8) is 0 Å². The number of carbonyl (C=O) groups is 1. The van der Waals surface area contributed by atoms with Gasteiger partial charge in [-0.15, -0.1) is 0 Å². The number of ketones is 1. The molecule has 0 N–H and O–H groups in total. The average Bonchev–Trinajstić information content (AvgIpc) is 2.31. The van der Waals surface area contributed by atoms with Crippen LogP contribution in [0.1, 0.15) is 15.9 Å². The molecule has 2 rings (SSSR count). The van der Waals surface area contributed by atoms with Crippen molar-refractivity contribution in [2.45, 2.75) is 0 Å². The number of hydrogen-bond donors (Lipinski definition) is 0. The molecule has 0 saturated carbocycles. The molecule has 2 aromatic carbocycles. The van der Waals surface area contributed by atoms with Crippen molar-refractivity contribution in [1.82, 2.24) is 0 Å². The van der Waals surface area contributed by atoms with Gasteiger partial charge in [0.2, 0.25) is 0 Å². The molecule has 0 heterocycles. The summed E-state index contributed by atoms with van der Waals surface area (Å²) in [5.41, 5.74) is -0.352. The Kier molecular flexibility index (Phi) is 4.10. The van der Waals surface area contributed by atoms with Crippen molar-refractivity contribution in [3.05, 3.63) is 67.9 Å². The first-order valence-corrected chi connectivity index (χ1v) is 6.62. The maximum atomic E-state index is 13.5. The molecule has 0 spiro atoms. The molecular formula is C13H5Br2F3O. The van der Waals surface area contributed by atoms with Gasteiger partial charge in [0, 0.05) is 20.6 Å². The van der Waals surface area contributed by atoms with Crippen molar-refractivity contribution in [3.8, 4) is 0 Å². The van der Waals surface area contributed by atoms with Crippen molar-refractivity contribution < 1.29 is 18.0 Å². The van der Waals surface area contributed by atoms with Crippen LogP contribution < -0.4 is 0 Å². The van der Waals surface area contributed by atoms with E-state index in [1.165, 1.54) is 12.1 Å². The molecule has 19 heavy (non-hydrogen) atoms. The second-order valence-corrected chi connectivity index (χ2v) is 5.56. The first-order chi connectivity index (χ1) is 8.88. The van der Waals surface area contributed by atoms with Gasteiger partial charge in [-0.1, -0.05) is 31.9 Å². The summed E-state index contributed by atoms with van der Waals surface area (Å²) in [6.07, 6.45) is 0. The minimum absolute atomic E-state index is 0.158. The van der Waals surface area contributed by atoms with Gasteiger partial charge in [0.1, 0.15) is 5.82 Å². The first-order valence-electron chi connectivity index (χ1n) is 5.04. The molecule has 0 fully saturated rings. The third-order valence-corrected chi connectivity index (χ3v) is 3.30. The van der Waals surface area contributed by atoms with E-state index in [4.69, 9.17) is 0 Å². The summed E-state index contributed by atoms with van der Waals surface area (Å²) in [7, 11) is 0. The number of hydrogen-bond acceptors (Lipinski definition) is 1. The van der Waals surface area contributed by atoms with Gasteiger partial charge in [-0.3, -0.25) is 4.79 Å². The second kappa shape index (κ2) is 5.46. The number of halogens is 5. The first kappa shape index (κ1) is 14.3. The van der Waals surface area contributed by atoms with E-state index in [2.05, 4.69) is 31.9 Å². The lowest BCUT2D eigenvalue weighted by Gasteiger charge is -2.05. The Morgan fingerprint density at radius 2 is 1.32 bits per heavy atom. The van der Waals surface area contributed by atoms with Crippen LogP contribution >= 0.6 is 31.9 Å². The van der Waals surface area contributed by atoms with E-state index in [9.17, 15) is 18.0 Å². The number of carbonyl (C=O) groups excluding carboxylic acids is 1. The maximum Gasteiger partial charge on any atom is 0.196 e. The highest BCUT2D eigenvalue weighted by atomic mass is 79.9. The zero-order chi connectivity index (χ0) is 14.2. The fourth-order valence-corrected chi connectivity index (χ4v) is 2.83. The summed E-state index contributed by atoms with van der Waals surface area (Å²) >= 11 is 6.38. The molecular weight excluding hydrogens is 389 g/mol. The summed E-state index contributed by atoms with van der Waals surface area (Å²) in [6, 6.07) is 5.54. The van der Waals surface area contributed by atoms with Gasteiger partial charge in [-0.2, -0.15) is 0 Å². The zero-order valence-corrected chi connectivity index (χ0v) is 12.4. The maximum absolute atomic E-state index is 13.5. The van der Waals surface area contributed by atoms with Crippen LogP contribution in [-0.4, -0.2) is 5.78 Å². The van der Waals surface area contributed by atoms with E-state index in [1.54, 1.807) is 6.07 Å². The van der Waals surface area contributed by atoms with Gasteiger partial charge in [-0.25, -0.2) is 13.2 Å². The normalized spacial score (nSPS) is 10.6. The molecule has 1 nitrogen and oxygen atoms in total. The van der Waals surface area contributed by atoms with Crippen molar-refractivity contribution in [2.24, 2.45) is 0 Å². The molecule has 0 unspecified atom stereocenters. The van der Waals surface area contributed by atoms with Crippen LogP contribution in [0.4, 0.5) is 13.2 Å². The van der Waals surface area contributed by atoms with Crippen molar-refractivity contribution in [1.29, 1.82) is 0 Å². The highest BCUT2D eigenvalue weighted by Crippen LogP contribution is 2.23. The van der Waals surface area contributed by atoms with E-state index >= 15 is 0 Å². The Morgan fingerprint density at radius 3 is 1.89 bits per heavy atom. The van der Waals surface area contributed by atoms with E-state index in [-0.39, 0.29) is 5.56 Å². The van der Waals surface area contributed by atoms with Crippen molar-refractivity contribution >= 4 is 37.6 Å². The van der Waals surface area contributed by atoms with Crippen LogP contribution in [0.25, 0.3) is 0 Å². The van der Waals surface area contributed by atoms with Gasteiger partial charge < -0.3 is 0 Å². The van der Waals surface area contributed by atoms with Crippen molar-refractivity contribution in [2.75, 3.05) is 0 Å². The average molecular weight is 394 g/mol. The fraction of sp³-hybridized carbons (Fsp3) is 0. The molecule has 6 heteroatoms. The molecule has 2 aromatic rings. The minimum atomic E-state index is -1.33. The Bertz CT molecular complexity index is 651. The lowest BCUT2D eigenvalue weighted by atomic mass is 10.0. The Morgan fingerprint density at radius 1 is 0.789 bits per heavy atom. The predicted octanol–water partition coefficient (Wildman–Crippen LogP) is 4.86. The van der Waals surface area contributed by atoms with E-state index in [1.807, 2.05) is 0 Å². The zero-order valence-electron chi connectivity index (χ0n) is 9.18. The van der Waals surface area contributed by atoms with Crippen LogP contribution in [0, 0.1) is 17.5 Å². The van der Waals surface area contributed by atoms with Crippen LogP contribution in [0.3, 0.4) is 0 Å². The molecule has 0 saturated heterocycles. The van der Waals surface area contributed by atoms with Gasteiger partial charge in [0.25, 0.3) is 0 Å². The van der Waals surface area contributed by atoms with Gasteiger partial charge in [0.15, 0.2) is 17.4 Å². The number of rotatable bonds is 2. The standard InChI is InChI=1S/C13H5Br2F3O/c14-7-1-6(2-8(15)3-7)13(19)9-4-11(17)12(18)5-10(9)16/h1-5H. The Hall–Kier alpha value is -1.14. The van der Waals surface area contributed by atoms with Gasteiger partial charge in [0.05, 0.1) is 5.56 Å². The third-order valence-electron chi connectivity index (χ3n) is 2.38. The largest absolute Gasteiger partial charge is 0.288 e. The highest BCUT2D eigenvalue weighted by molar-refractivity contribution is 9.11. The molecule has 0 aliphatic heterocycles.